The number of nitrogens with zero attached hydrogens (tertiary/aromatic N) is 1. The van der Waals surface area contributed by atoms with Gasteiger partial charge >= 0.3 is 0 Å². The number of nitrogens with one attached hydrogen (secondary N) is 1. The molecule has 3 aromatic carbocycles. The van der Waals surface area contributed by atoms with Gasteiger partial charge in [0.05, 0.1) is 5.69 Å². The molecule has 0 aliphatic carbocycles. The summed E-state index contributed by atoms with van der Waals surface area (Å²) in [5.41, 5.74) is 2.09. The molecule has 3 nitrogen and oxygen atoms in total. The lowest BCUT2D eigenvalue weighted by atomic mass is 9.77. The highest BCUT2D eigenvalue weighted by atomic mass is 32.1. The first-order valence-electron chi connectivity index (χ1n) is 10.2. The van der Waals surface area contributed by atoms with Crippen LogP contribution in [0.25, 0.3) is 0 Å². The van der Waals surface area contributed by atoms with Gasteiger partial charge in [-0.3, -0.25) is 0 Å². The number of hydrogen-bond acceptors (Lipinski definition) is 3. The Bertz CT molecular complexity index is 979. The molecule has 30 heavy (non-hydrogen) atoms. The SMILES string of the molecule is CCC(C)([O])c1csc(NC(c2ccccc2)(c2ccccc2)c2ccccc2)n1. The van der Waals surface area contributed by atoms with Crippen LogP contribution in [0, 0.1) is 0 Å². The second-order valence-corrected chi connectivity index (χ2v) is 8.45. The largest absolute Gasteiger partial charge is 0.344 e. The molecular weight excluding hydrogens is 388 g/mol. The Morgan fingerprint density at radius 2 is 1.23 bits per heavy atom. The third-order valence-corrected chi connectivity index (χ3v) is 6.39. The zero-order valence-corrected chi connectivity index (χ0v) is 18.0. The Balaban J connectivity index is 1.92. The molecule has 1 unspecified atom stereocenters. The van der Waals surface area contributed by atoms with Crippen LogP contribution < -0.4 is 5.32 Å². The molecule has 0 amide bonds. The number of rotatable bonds is 7. The standard InChI is InChI=1S/C26H25N2OS/c1-3-25(2,29)23-19-30-24(27-23)28-26(20-13-7-4-8-14-20,21-15-9-5-10-16-21)22-17-11-6-12-18-22/h4-19H,3H2,1-2H3,(H,27,28). The van der Waals surface area contributed by atoms with Crippen LogP contribution in [0.15, 0.2) is 96.4 Å². The summed E-state index contributed by atoms with van der Waals surface area (Å²) in [5, 5.41) is 19.1. The second-order valence-electron chi connectivity index (χ2n) is 7.60. The molecule has 0 aliphatic heterocycles. The predicted octanol–water partition coefficient (Wildman–Crippen LogP) is 6.60. The van der Waals surface area contributed by atoms with Crippen LogP contribution in [0.1, 0.15) is 42.7 Å². The third kappa shape index (κ3) is 3.76. The molecule has 0 spiro atoms. The van der Waals surface area contributed by atoms with Gasteiger partial charge in [-0.15, -0.1) is 11.3 Å². The third-order valence-electron chi connectivity index (χ3n) is 5.64. The van der Waals surface area contributed by atoms with Crippen LogP contribution in [-0.4, -0.2) is 4.98 Å². The van der Waals surface area contributed by atoms with Crippen molar-refractivity contribution >= 4 is 16.5 Å². The topological polar surface area (TPSA) is 44.8 Å². The van der Waals surface area contributed by atoms with E-state index in [1.165, 1.54) is 11.3 Å². The highest BCUT2D eigenvalue weighted by Crippen LogP contribution is 2.41. The summed E-state index contributed by atoms with van der Waals surface area (Å²) in [7, 11) is 0. The lowest BCUT2D eigenvalue weighted by Crippen LogP contribution is -2.38. The monoisotopic (exact) mass is 413 g/mol. The number of hydrogen-bond donors (Lipinski definition) is 1. The number of anilines is 1. The van der Waals surface area contributed by atoms with Gasteiger partial charge in [-0.05, 0) is 30.0 Å². The number of aromatic nitrogens is 1. The van der Waals surface area contributed by atoms with Crippen molar-refractivity contribution in [2.24, 2.45) is 0 Å². The molecule has 0 saturated heterocycles. The van der Waals surface area contributed by atoms with Gasteiger partial charge in [0.25, 0.3) is 0 Å². The maximum atomic E-state index is 12.8. The lowest BCUT2D eigenvalue weighted by Gasteiger charge is -2.36. The van der Waals surface area contributed by atoms with Gasteiger partial charge in [0, 0.05) is 5.38 Å². The fourth-order valence-electron chi connectivity index (χ4n) is 3.70. The molecular formula is C26H25N2OS. The average Bonchev–Trinajstić information content (AvgIpc) is 3.29. The number of benzene rings is 3. The van der Waals surface area contributed by atoms with Crippen LogP contribution in [-0.2, 0) is 16.2 Å². The van der Waals surface area contributed by atoms with Crippen LogP contribution in [0.4, 0.5) is 5.13 Å². The van der Waals surface area contributed by atoms with E-state index in [0.717, 1.165) is 21.8 Å². The van der Waals surface area contributed by atoms with E-state index < -0.39 is 11.1 Å². The van der Waals surface area contributed by atoms with Gasteiger partial charge in [0.15, 0.2) is 5.13 Å². The van der Waals surface area contributed by atoms with Crippen molar-refractivity contribution in [3.8, 4) is 0 Å². The summed E-state index contributed by atoms with van der Waals surface area (Å²) in [4.78, 5) is 4.71. The average molecular weight is 414 g/mol. The van der Waals surface area contributed by atoms with E-state index in [4.69, 9.17) is 4.98 Å². The minimum atomic E-state index is -1.19. The van der Waals surface area contributed by atoms with Gasteiger partial charge in [-0.25, -0.2) is 10.1 Å². The normalized spacial score (nSPS) is 13.6. The fourth-order valence-corrected chi connectivity index (χ4v) is 4.58. The van der Waals surface area contributed by atoms with Crippen molar-refractivity contribution in [2.75, 3.05) is 5.32 Å². The first kappa shape index (κ1) is 20.3. The van der Waals surface area contributed by atoms with Crippen molar-refractivity contribution in [2.45, 2.75) is 31.4 Å². The van der Waals surface area contributed by atoms with Crippen LogP contribution in [0.3, 0.4) is 0 Å². The Kier molecular flexibility index (Phi) is 5.71. The summed E-state index contributed by atoms with van der Waals surface area (Å²) in [5.74, 6) is 0. The predicted molar refractivity (Wildman–Crippen MR) is 123 cm³/mol. The van der Waals surface area contributed by atoms with E-state index in [0.29, 0.717) is 12.1 Å². The van der Waals surface area contributed by atoms with Crippen molar-refractivity contribution in [1.82, 2.24) is 4.98 Å². The second kappa shape index (κ2) is 8.42. The molecule has 1 N–H and O–H groups in total. The van der Waals surface area contributed by atoms with Crippen LogP contribution in [0.2, 0.25) is 0 Å². The molecule has 1 radical (unpaired) electrons. The molecule has 0 fully saturated rings. The van der Waals surface area contributed by atoms with E-state index in [9.17, 15) is 5.11 Å². The summed E-state index contributed by atoms with van der Waals surface area (Å²) in [6.45, 7) is 3.60. The van der Waals surface area contributed by atoms with Gasteiger partial charge < -0.3 is 5.32 Å². The van der Waals surface area contributed by atoms with Gasteiger partial charge in [-0.1, -0.05) is 97.9 Å². The molecule has 1 atom stereocenters. The summed E-state index contributed by atoms with van der Waals surface area (Å²) >= 11 is 1.48. The highest BCUT2D eigenvalue weighted by molar-refractivity contribution is 7.13. The highest BCUT2D eigenvalue weighted by Gasteiger charge is 2.37. The minimum absolute atomic E-state index is 0.497. The first-order chi connectivity index (χ1) is 14.6. The van der Waals surface area contributed by atoms with Gasteiger partial charge in [0.2, 0.25) is 0 Å². The summed E-state index contributed by atoms with van der Waals surface area (Å²) in [6, 6.07) is 31.2. The molecule has 1 aromatic heterocycles. The van der Waals surface area contributed by atoms with E-state index in [1.54, 1.807) is 6.92 Å². The van der Waals surface area contributed by atoms with Crippen LogP contribution in [0.5, 0.6) is 0 Å². The van der Waals surface area contributed by atoms with E-state index in [-0.39, 0.29) is 0 Å². The van der Waals surface area contributed by atoms with E-state index >= 15 is 0 Å². The molecule has 0 bridgehead atoms. The summed E-state index contributed by atoms with van der Waals surface area (Å²) in [6.07, 6.45) is 0.497. The van der Waals surface area contributed by atoms with E-state index in [1.807, 2.05) is 30.5 Å². The van der Waals surface area contributed by atoms with Crippen molar-refractivity contribution in [3.05, 3.63) is 119 Å². The first-order valence-corrected chi connectivity index (χ1v) is 11.1. The fraction of sp³-hybridized carbons (Fsp3) is 0.192. The van der Waals surface area contributed by atoms with Crippen molar-refractivity contribution < 1.29 is 5.11 Å². The summed E-state index contributed by atoms with van der Waals surface area (Å²) < 4.78 is 0. The smallest absolute Gasteiger partial charge is 0.184 e. The zero-order chi connectivity index (χ0) is 21.0. The van der Waals surface area contributed by atoms with Crippen molar-refractivity contribution in [3.63, 3.8) is 0 Å². The molecule has 1 heterocycles. The van der Waals surface area contributed by atoms with Gasteiger partial charge in [-0.2, -0.15) is 0 Å². The maximum absolute atomic E-state index is 12.8. The Morgan fingerprint density at radius 3 is 1.63 bits per heavy atom. The maximum Gasteiger partial charge on any atom is 0.184 e. The molecule has 0 saturated carbocycles. The Hall–Kier alpha value is -2.95. The van der Waals surface area contributed by atoms with Crippen LogP contribution >= 0.6 is 11.3 Å². The molecule has 0 aliphatic rings. The Labute approximate surface area is 182 Å². The molecule has 4 heteroatoms. The van der Waals surface area contributed by atoms with Gasteiger partial charge in [0.1, 0.15) is 11.1 Å². The lowest BCUT2D eigenvalue weighted by molar-refractivity contribution is -0.0244. The number of thiazole rings is 1. The minimum Gasteiger partial charge on any atom is -0.344 e. The van der Waals surface area contributed by atoms with Crippen molar-refractivity contribution in [1.29, 1.82) is 0 Å². The zero-order valence-electron chi connectivity index (χ0n) is 17.2. The Morgan fingerprint density at radius 1 is 0.800 bits per heavy atom. The molecule has 151 valence electrons. The van der Waals surface area contributed by atoms with E-state index in [2.05, 4.69) is 78.1 Å². The molecule has 4 rings (SSSR count). The quantitative estimate of drug-likeness (QED) is 0.347. The molecule has 4 aromatic rings.